The second-order valence-corrected chi connectivity index (χ2v) is 8.43. The van der Waals surface area contributed by atoms with Crippen LogP contribution in [0.5, 0.6) is 0 Å². The summed E-state index contributed by atoms with van der Waals surface area (Å²) < 4.78 is 13.3. The molecular weight excluding hydrogens is 466 g/mol. The minimum absolute atomic E-state index is 0.0492. The average molecular weight is 485 g/mol. The molecule has 0 aromatic heterocycles. The summed E-state index contributed by atoms with van der Waals surface area (Å²) in [7, 11) is 0. The van der Waals surface area contributed by atoms with Crippen LogP contribution in [0.25, 0.3) is 0 Å². The molecule has 1 aliphatic rings. The summed E-state index contributed by atoms with van der Waals surface area (Å²) in [5.74, 6) is -1.38. The van der Waals surface area contributed by atoms with Crippen molar-refractivity contribution in [2.24, 2.45) is 0 Å². The quantitative estimate of drug-likeness (QED) is 0.491. The van der Waals surface area contributed by atoms with Gasteiger partial charge in [0.15, 0.2) is 5.78 Å². The number of rotatable bonds is 4. The van der Waals surface area contributed by atoms with Crippen molar-refractivity contribution in [3.05, 3.63) is 105 Å². The fraction of sp³-hybridized carbons (Fsp3) is 0.160. The van der Waals surface area contributed by atoms with Crippen LogP contribution in [0.3, 0.4) is 0 Å². The molecule has 3 aromatic carbocycles. The zero-order valence-corrected chi connectivity index (χ0v) is 18.9. The Bertz CT molecular complexity index is 1220. The molecule has 1 heterocycles. The highest BCUT2D eigenvalue weighted by atomic mass is 35.5. The molecule has 0 unspecified atom stereocenters. The van der Waals surface area contributed by atoms with Gasteiger partial charge in [-0.1, -0.05) is 41.4 Å². The third-order valence-corrected chi connectivity index (χ3v) is 6.09. The van der Waals surface area contributed by atoms with Crippen LogP contribution in [0, 0.1) is 5.82 Å². The lowest BCUT2D eigenvalue weighted by molar-refractivity contribution is 0.0534. The average Bonchev–Trinajstić information content (AvgIpc) is 2.83. The van der Waals surface area contributed by atoms with Crippen LogP contribution in [-0.4, -0.2) is 53.6 Å². The maximum atomic E-state index is 13.3. The number of hydrogen-bond acceptors (Lipinski definition) is 3. The van der Waals surface area contributed by atoms with Crippen LogP contribution in [-0.2, 0) is 0 Å². The van der Waals surface area contributed by atoms with Crippen molar-refractivity contribution >= 4 is 40.8 Å². The maximum Gasteiger partial charge on any atom is 0.255 e. The van der Waals surface area contributed by atoms with E-state index in [2.05, 4.69) is 0 Å². The second kappa shape index (κ2) is 9.73. The number of piperazine rings is 1. The molecule has 0 atom stereocenters. The van der Waals surface area contributed by atoms with E-state index in [-0.39, 0.29) is 28.2 Å². The van der Waals surface area contributed by atoms with Crippen LogP contribution in [0.2, 0.25) is 10.0 Å². The zero-order valence-electron chi connectivity index (χ0n) is 17.4. The topological polar surface area (TPSA) is 57.7 Å². The molecule has 0 N–H and O–H groups in total. The van der Waals surface area contributed by atoms with Gasteiger partial charge >= 0.3 is 0 Å². The van der Waals surface area contributed by atoms with E-state index in [4.69, 9.17) is 23.2 Å². The molecule has 2 amide bonds. The van der Waals surface area contributed by atoms with Crippen molar-refractivity contribution in [3.63, 3.8) is 0 Å². The maximum absolute atomic E-state index is 13.3. The van der Waals surface area contributed by atoms with Crippen LogP contribution >= 0.6 is 23.2 Å². The summed E-state index contributed by atoms with van der Waals surface area (Å²) in [6.45, 7) is 1.19. The lowest BCUT2D eigenvalue weighted by Gasteiger charge is -2.35. The van der Waals surface area contributed by atoms with Crippen molar-refractivity contribution in [1.29, 1.82) is 0 Å². The number of nitrogens with zero attached hydrogens (tertiary/aromatic N) is 2. The number of ketones is 1. The molecule has 0 aliphatic carbocycles. The van der Waals surface area contributed by atoms with Gasteiger partial charge in [0, 0.05) is 42.3 Å². The van der Waals surface area contributed by atoms with Crippen molar-refractivity contribution in [2.75, 3.05) is 26.2 Å². The van der Waals surface area contributed by atoms with Crippen molar-refractivity contribution < 1.29 is 18.8 Å². The Morgan fingerprint density at radius 2 is 1.24 bits per heavy atom. The largest absolute Gasteiger partial charge is 0.335 e. The van der Waals surface area contributed by atoms with Gasteiger partial charge in [0.05, 0.1) is 16.1 Å². The number of carbonyl (C=O) groups excluding carboxylic acids is 3. The molecular formula is C25H19Cl2FN2O3. The molecule has 3 aromatic rings. The predicted molar refractivity (Wildman–Crippen MR) is 125 cm³/mol. The Morgan fingerprint density at radius 1 is 0.697 bits per heavy atom. The van der Waals surface area contributed by atoms with Gasteiger partial charge in [0.1, 0.15) is 5.82 Å². The van der Waals surface area contributed by atoms with Gasteiger partial charge in [-0.05, 0) is 48.5 Å². The predicted octanol–water partition coefficient (Wildman–Crippen LogP) is 4.96. The molecule has 1 saturated heterocycles. The Morgan fingerprint density at radius 3 is 1.82 bits per heavy atom. The van der Waals surface area contributed by atoms with Gasteiger partial charge in [-0.3, -0.25) is 14.4 Å². The highest BCUT2D eigenvalue weighted by Gasteiger charge is 2.28. The zero-order chi connectivity index (χ0) is 23.5. The molecule has 168 valence electrons. The van der Waals surface area contributed by atoms with Gasteiger partial charge in [-0.25, -0.2) is 4.39 Å². The van der Waals surface area contributed by atoms with E-state index in [1.807, 2.05) is 0 Å². The fourth-order valence-corrected chi connectivity index (χ4v) is 4.11. The van der Waals surface area contributed by atoms with Gasteiger partial charge in [-0.2, -0.15) is 0 Å². The normalized spacial score (nSPS) is 13.7. The Labute approximate surface area is 200 Å². The summed E-state index contributed by atoms with van der Waals surface area (Å²) >= 11 is 11.9. The van der Waals surface area contributed by atoms with Gasteiger partial charge in [0.2, 0.25) is 0 Å². The third-order valence-electron chi connectivity index (χ3n) is 5.52. The summed E-state index contributed by atoms with van der Waals surface area (Å²) in [6, 6.07) is 16.8. The molecule has 0 radical (unpaired) electrons. The number of carbonyl (C=O) groups is 3. The first kappa shape index (κ1) is 23.0. The highest BCUT2D eigenvalue weighted by molar-refractivity contribution is 6.33. The molecule has 33 heavy (non-hydrogen) atoms. The smallest absolute Gasteiger partial charge is 0.255 e. The van der Waals surface area contributed by atoms with E-state index in [9.17, 15) is 18.8 Å². The Kier molecular flexibility index (Phi) is 6.77. The number of hydrogen-bond donors (Lipinski definition) is 0. The summed E-state index contributed by atoms with van der Waals surface area (Å²) in [5.41, 5.74) is 1.27. The summed E-state index contributed by atoms with van der Waals surface area (Å²) in [6.07, 6.45) is 0. The van der Waals surface area contributed by atoms with Crippen LogP contribution < -0.4 is 0 Å². The van der Waals surface area contributed by atoms with Gasteiger partial charge in [-0.15, -0.1) is 0 Å². The number of amides is 2. The van der Waals surface area contributed by atoms with E-state index >= 15 is 0 Å². The summed E-state index contributed by atoms with van der Waals surface area (Å²) in [4.78, 5) is 42.2. The minimum Gasteiger partial charge on any atom is -0.335 e. The SMILES string of the molecule is O=C(c1ccc(Cl)cc1)c1ccccc1C(=O)N1CCN(C(=O)c2ccc(F)cc2Cl)CC1. The van der Waals surface area contributed by atoms with Crippen LogP contribution in [0.1, 0.15) is 36.6 Å². The third kappa shape index (κ3) is 4.92. The lowest BCUT2D eigenvalue weighted by atomic mass is 9.97. The van der Waals surface area contributed by atoms with E-state index in [0.717, 1.165) is 6.07 Å². The molecule has 1 aliphatic heterocycles. The van der Waals surface area contributed by atoms with E-state index in [1.165, 1.54) is 12.1 Å². The van der Waals surface area contributed by atoms with E-state index in [0.29, 0.717) is 47.9 Å². The molecule has 0 saturated carbocycles. The molecule has 5 nitrogen and oxygen atoms in total. The summed E-state index contributed by atoms with van der Waals surface area (Å²) in [5, 5.41) is 0.568. The number of benzene rings is 3. The second-order valence-electron chi connectivity index (χ2n) is 7.59. The molecule has 4 rings (SSSR count). The van der Waals surface area contributed by atoms with Gasteiger partial charge in [0.25, 0.3) is 11.8 Å². The van der Waals surface area contributed by atoms with Gasteiger partial charge < -0.3 is 9.80 Å². The Hall–Kier alpha value is -3.22. The lowest BCUT2D eigenvalue weighted by Crippen LogP contribution is -2.50. The van der Waals surface area contributed by atoms with Crippen molar-refractivity contribution in [1.82, 2.24) is 9.80 Å². The molecule has 0 bridgehead atoms. The minimum atomic E-state index is -0.515. The monoisotopic (exact) mass is 484 g/mol. The van der Waals surface area contributed by atoms with E-state index in [1.54, 1.807) is 58.3 Å². The van der Waals surface area contributed by atoms with E-state index < -0.39 is 5.82 Å². The van der Waals surface area contributed by atoms with Crippen molar-refractivity contribution in [3.8, 4) is 0 Å². The number of halogens is 3. The van der Waals surface area contributed by atoms with Crippen molar-refractivity contribution in [2.45, 2.75) is 0 Å². The standard InChI is InChI=1S/C25H19Cl2FN2O3/c26-17-7-5-16(6-8-17)23(31)19-3-1-2-4-20(19)24(32)29-11-13-30(14-12-29)25(33)21-10-9-18(28)15-22(21)27/h1-10,15H,11-14H2. The van der Waals surface area contributed by atoms with Crippen LogP contribution in [0.4, 0.5) is 4.39 Å². The Balaban J connectivity index is 1.48. The fourth-order valence-electron chi connectivity index (χ4n) is 3.74. The highest BCUT2D eigenvalue weighted by Crippen LogP contribution is 2.22. The molecule has 8 heteroatoms. The van der Waals surface area contributed by atoms with Crippen LogP contribution in [0.15, 0.2) is 66.7 Å². The first-order valence-electron chi connectivity index (χ1n) is 10.3. The molecule has 0 spiro atoms. The molecule has 1 fully saturated rings. The first-order chi connectivity index (χ1) is 15.8. The first-order valence-corrected chi connectivity index (χ1v) is 11.0.